The third-order valence-electron chi connectivity index (χ3n) is 2.27. The van der Waals surface area contributed by atoms with Crippen LogP contribution in [0.1, 0.15) is 18.1 Å². The molecule has 0 aliphatic rings. The minimum Gasteiger partial charge on any atom is -0.398 e. The number of hydrogen-bond acceptors (Lipinski definition) is 4. The molecule has 4 nitrogen and oxygen atoms in total. The fourth-order valence-electron chi connectivity index (χ4n) is 1.37. The van der Waals surface area contributed by atoms with Crippen LogP contribution in [0.3, 0.4) is 0 Å². The fourth-order valence-corrected chi connectivity index (χ4v) is 1.37. The zero-order valence-corrected chi connectivity index (χ0v) is 8.53. The van der Waals surface area contributed by atoms with E-state index in [0.29, 0.717) is 0 Å². The van der Waals surface area contributed by atoms with Crippen LogP contribution >= 0.6 is 0 Å². The van der Waals surface area contributed by atoms with Gasteiger partial charge in [0.1, 0.15) is 6.10 Å². The molecule has 0 saturated carbocycles. The first kappa shape index (κ1) is 12.8. The van der Waals surface area contributed by atoms with Crippen molar-refractivity contribution in [2.45, 2.75) is 18.6 Å². The molecule has 0 bridgehead atoms. The maximum Gasteiger partial charge on any atom is 0.160 e. The molecular formula is C10H14F2N2O2. The Morgan fingerprint density at radius 3 is 2.31 bits per heavy atom. The Labute approximate surface area is 91.5 Å². The van der Waals surface area contributed by atoms with Crippen LogP contribution in [0.15, 0.2) is 12.1 Å². The van der Waals surface area contributed by atoms with Gasteiger partial charge in [-0.15, -0.1) is 0 Å². The number of aliphatic hydroxyl groups is 2. The Morgan fingerprint density at radius 1 is 1.19 bits per heavy atom. The number of nitrogens with two attached hydrogens (primary N) is 2. The minimum absolute atomic E-state index is 0.0418. The van der Waals surface area contributed by atoms with Crippen LogP contribution in [0.4, 0.5) is 14.5 Å². The van der Waals surface area contributed by atoms with Gasteiger partial charge in [-0.3, -0.25) is 0 Å². The number of hydrogen-bond donors (Lipinski definition) is 4. The van der Waals surface area contributed by atoms with Crippen molar-refractivity contribution in [2.75, 3.05) is 12.3 Å². The van der Waals surface area contributed by atoms with Gasteiger partial charge in [-0.25, -0.2) is 8.78 Å². The minimum atomic E-state index is -1.38. The van der Waals surface area contributed by atoms with Crippen LogP contribution in [0.5, 0.6) is 0 Å². The van der Waals surface area contributed by atoms with Gasteiger partial charge in [-0.2, -0.15) is 0 Å². The van der Waals surface area contributed by atoms with E-state index in [1.807, 2.05) is 0 Å². The van der Waals surface area contributed by atoms with E-state index >= 15 is 0 Å². The van der Waals surface area contributed by atoms with E-state index in [2.05, 4.69) is 0 Å². The Morgan fingerprint density at radius 2 is 1.75 bits per heavy atom. The average Bonchev–Trinajstić information content (AvgIpc) is 2.23. The first-order valence-electron chi connectivity index (χ1n) is 4.78. The predicted molar refractivity (Wildman–Crippen MR) is 55.4 cm³/mol. The third-order valence-corrected chi connectivity index (χ3v) is 2.27. The first-order chi connectivity index (χ1) is 7.47. The molecule has 2 unspecified atom stereocenters. The molecule has 0 spiro atoms. The van der Waals surface area contributed by atoms with Crippen LogP contribution < -0.4 is 11.5 Å². The largest absolute Gasteiger partial charge is 0.398 e. The molecule has 6 heteroatoms. The van der Waals surface area contributed by atoms with E-state index in [1.54, 1.807) is 0 Å². The van der Waals surface area contributed by atoms with E-state index in [-0.39, 0.29) is 24.2 Å². The Bertz CT molecular complexity index is 374. The van der Waals surface area contributed by atoms with Crippen LogP contribution in [-0.4, -0.2) is 22.9 Å². The highest BCUT2D eigenvalue weighted by Gasteiger charge is 2.21. The highest BCUT2D eigenvalue weighted by Crippen LogP contribution is 2.26. The maximum atomic E-state index is 12.9. The number of nitrogen functional groups attached to an aromatic ring is 1. The molecular weight excluding hydrogens is 218 g/mol. The summed E-state index contributed by atoms with van der Waals surface area (Å²) in [6.07, 6.45) is -2.39. The molecule has 0 saturated heterocycles. The molecule has 1 rings (SSSR count). The summed E-state index contributed by atoms with van der Waals surface area (Å²) >= 11 is 0. The number of rotatable bonds is 4. The molecule has 0 heterocycles. The molecule has 90 valence electrons. The highest BCUT2D eigenvalue weighted by atomic mass is 19.2. The second-order valence-electron chi connectivity index (χ2n) is 3.48. The molecule has 0 aliphatic carbocycles. The average molecular weight is 232 g/mol. The topological polar surface area (TPSA) is 92.5 Å². The van der Waals surface area contributed by atoms with Gasteiger partial charge in [-0.05, 0) is 19.0 Å². The number of benzene rings is 1. The summed E-state index contributed by atoms with van der Waals surface area (Å²) in [5.41, 5.74) is 10.5. The molecule has 0 fully saturated rings. The summed E-state index contributed by atoms with van der Waals surface area (Å²) in [5.74, 6) is -2.22. The van der Waals surface area contributed by atoms with Crippen LogP contribution in [0, 0.1) is 11.6 Å². The molecule has 2 atom stereocenters. The van der Waals surface area contributed by atoms with Crippen molar-refractivity contribution in [3.8, 4) is 0 Å². The number of halogens is 2. The lowest BCUT2D eigenvalue weighted by atomic mass is 10.0. The van der Waals surface area contributed by atoms with Gasteiger partial charge in [0.25, 0.3) is 0 Å². The maximum absolute atomic E-state index is 12.9. The monoisotopic (exact) mass is 232 g/mol. The van der Waals surface area contributed by atoms with E-state index in [1.165, 1.54) is 0 Å². The van der Waals surface area contributed by atoms with Gasteiger partial charge in [0.05, 0.1) is 6.10 Å². The van der Waals surface area contributed by atoms with Crippen LogP contribution in [0.2, 0.25) is 0 Å². The summed E-state index contributed by atoms with van der Waals surface area (Å²) in [6, 6.07) is 1.54. The molecule has 16 heavy (non-hydrogen) atoms. The Hall–Kier alpha value is -1.24. The standard InChI is InChI=1S/C10H14F2N2O2/c11-6-3-5(8(14)4-7(6)12)10(16)9(15)1-2-13/h3-4,9-10,15-16H,1-2,13-14H2. The summed E-state index contributed by atoms with van der Waals surface area (Å²) in [4.78, 5) is 0. The van der Waals surface area contributed by atoms with E-state index in [0.717, 1.165) is 12.1 Å². The van der Waals surface area contributed by atoms with Gasteiger partial charge >= 0.3 is 0 Å². The van der Waals surface area contributed by atoms with Crippen molar-refractivity contribution in [2.24, 2.45) is 5.73 Å². The van der Waals surface area contributed by atoms with Crippen molar-refractivity contribution >= 4 is 5.69 Å². The molecule has 1 aromatic carbocycles. The van der Waals surface area contributed by atoms with Gasteiger partial charge in [0.2, 0.25) is 0 Å². The van der Waals surface area contributed by atoms with Crippen molar-refractivity contribution in [1.82, 2.24) is 0 Å². The number of aliphatic hydroxyl groups excluding tert-OH is 2. The zero-order valence-electron chi connectivity index (χ0n) is 8.53. The lowest BCUT2D eigenvalue weighted by molar-refractivity contribution is 0.0152. The van der Waals surface area contributed by atoms with Crippen molar-refractivity contribution < 1.29 is 19.0 Å². The smallest absolute Gasteiger partial charge is 0.160 e. The second kappa shape index (κ2) is 5.20. The van der Waals surface area contributed by atoms with E-state index < -0.39 is 23.8 Å². The molecule has 6 N–H and O–H groups in total. The molecule has 1 aromatic rings. The van der Waals surface area contributed by atoms with Crippen LogP contribution in [0.25, 0.3) is 0 Å². The molecule has 0 amide bonds. The van der Waals surface area contributed by atoms with Gasteiger partial charge in [0, 0.05) is 17.3 Å². The Balaban J connectivity index is 2.99. The fraction of sp³-hybridized carbons (Fsp3) is 0.400. The molecule has 0 aromatic heterocycles. The molecule has 0 aliphatic heterocycles. The lowest BCUT2D eigenvalue weighted by Gasteiger charge is -2.19. The molecule has 0 radical (unpaired) electrons. The summed E-state index contributed by atoms with van der Waals surface area (Å²) in [6.45, 7) is 0.168. The van der Waals surface area contributed by atoms with Gasteiger partial charge in [-0.1, -0.05) is 0 Å². The van der Waals surface area contributed by atoms with Gasteiger partial charge < -0.3 is 21.7 Å². The highest BCUT2D eigenvalue weighted by molar-refractivity contribution is 5.48. The third kappa shape index (κ3) is 2.66. The lowest BCUT2D eigenvalue weighted by Crippen LogP contribution is -2.22. The summed E-state index contributed by atoms with van der Waals surface area (Å²) < 4.78 is 25.7. The predicted octanol–water partition coefficient (Wildman–Crippen LogP) is 0.290. The zero-order chi connectivity index (χ0) is 12.3. The quantitative estimate of drug-likeness (QED) is 0.561. The SMILES string of the molecule is NCCC(O)C(O)c1cc(F)c(F)cc1N. The normalized spacial score (nSPS) is 14.8. The van der Waals surface area contributed by atoms with Crippen LogP contribution in [-0.2, 0) is 0 Å². The summed E-state index contributed by atoms with van der Waals surface area (Å²) in [7, 11) is 0. The first-order valence-corrected chi connectivity index (χ1v) is 4.78. The van der Waals surface area contributed by atoms with Gasteiger partial charge in [0.15, 0.2) is 11.6 Å². The van der Waals surface area contributed by atoms with Crippen molar-refractivity contribution in [3.05, 3.63) is 29.3 Å². The second-order valence-corrected chi connectivity index (χ2v) is 3.48. The van der Waals surface area contributed by atoms with Crippen molar-refractivity contribution in [1.29, 1.82) is 0 Å². The van der Waals surface area contributed by atoms with E-state index in [9.17, 15) is 19.0 Å². The number of anilines is 1. The van der Waals surface area contributed by atoms with Crippen molar-refractivity contribution in [3.63, 3.8) is 0 Å². The Kier molecular flexibility index (Phi) is 4.17. The van der Waals surface area contributed by atoms with E-state index in [4.69, 9.17) is 11.5 Å². The summed E-state index contributed by atoms with van der Waals surface area (Å²) in [5, 5.41) is 19.1.